The van der Waals surface area contributed by atoms with E-state index in [1.807, 2.05) is 13.0 Å². The summed E-state index contributed by atoms with van der Waals surface area (Å²) < 4.78 is 0. The van der Waals surface area contributed by atoms with Crippen molar-refractivity contribution in [3.8, 4) is 0 Å². The first-order chi connectivity index (χ1) is 7.49. The molecule has 1 aliphatic rings. The molecule has 1 saturated carbocycles. The predicted octanol–water partition coefficient (Wildman–Crippen LogP) is 2.52. The highest BCUT2D eigenvalue weighted by Crippen LogP contribution is 2.52. The molecule has 1 aromatic rings. The number of ketones is 1. The zero-order valence-electron chi connectivity index (χ0n) is 9.32. The van der Waals surface area contributed by atoms with E-state index in [1.165, 1.54) is 13.0 Å². The topological polar surface area (TPSA) is 60.2 Å². The minimum absolute atomic E-state index is 0.0323. The van der Waals surface area contributed by atoms with Gasteiger partial charge in [0.05, 0.1) is 10.3 Å². The lowest BCUT2D eigenvalue weighted by Crippen LogP contribution is -2.20. The summed E-state index contributed by atoms with van der Waals surface area (Å²) in [5.41, 5.74) is 0.954. The fourth-order valence-electron chi connectivity index (χ4n) is 2.33. The van der Waals surface area contributed by atoms with Crippen molar-refractivity contribution >= 4 is 11.5 Å². The van der Waals surface area contributed by atoms with Crippen LogP contribution < -0.4 is 0 Å². The van der Waals surface area contributed by atoms with Crippen molar-refractivity contribution in [2.75, 3.05) is 0 Å². The van der Waals surface area contributed by atoms with E-state index in [4.69, 9.17) is 0 Å². The number of carbonyl (C=O) groups is 1. The maximum atomic E-state index is 11.6. The Morgan fingerprint density at radius 1 is 1.44 bits per heavy atom. The molecular weight excluding hydrogens is 206 g/mol. The third-order valence-electron chi connectivity index (χ3n) is 3.35. The number of nitro groups is 1. The molecule has 0 saturated heterocycles. The minimum Gasteiger partial charge on any atom is -0.299 e. The lowest BCUT2D eigenvalue weighted by molar-refractivity contribution is -0.385. The number of Topliss-reactive ketones (excluding diaryl/α,β-unsaturated/α-hetero) is 1. The van der Waals surface area contributed by atoms with Crippen molar-refractivity contribution in [2.45, 2.75) is 32.1 Å². The van der Waals surface area contributed by atoms with Crippen LogP contribution in [-0.4, -0.2) is 10.7 Å². The summed E-state index contributed by atoms with van der Waals surface area (Å²) in [6.07, 6.45) is 1.46. The summed E-state index contributed by atoms with van der Waals surface area (Å²) in [5.74, 6) is 0.0323. The Morgan fingerprint density at radius 3 is 2.50 bits per heavy atom. The normalized spacial score (nSPS) is 16.9. The Bertz CT molecular complexity index is 475. The molecule has 0 radical (unpaired) electrons. The number of nitro benzene ring substituents is 1. The van der Waals surface area contributed by atoms with Gasteiger partial charge in [0.1, 0.15) is 5.78 Å². The van der Waals surface area contributed by atoms with Gasteiger partial charge in [0.15, 0.2) is 0 Å². The lowest BCUT2D eigenvalue weighted by Gasteiger charge is -2.14. The van der Waals surface area contributed by atoms with E-state index in [0.717, 1.165) is 18.4 Å². The highest BCUT2D eigenvalue weighted by molar-refractivity contribution is 5.92. The number of benzene rings is 1. The van der Waals surface area contributed by atoms with Crippen LogP contribution in [0.5, 0.6) is 0 Å². The van der Waals surface area contributed by atoms with Crippen molar-refractivity contribution in [3.05, 3.63) is 39.4 Å². The van der Waals surface area contributed by atoms with Crippen LogP contribution >= 0.6 is 0 Å². The van der Waals surface area contributed by atoms with Crippen molar-refractivity contribution in [1.29, 1.82) is 0 Å². The van der Waals surface area contributed by atoms with E-state index in [1.54, 1.807) is 6.07 Å². The van der Waals surface area contributed by atoms with Gasteiger partial charge in [-0.2, -0.15) is 0 Å². The molecule has 0 amide bonds. The first kappa shape index (κ1) is 10.8. The second kappa shape index (κ2) is 3.40. The third-order valence-corrected chi connectivity index (χ3v) is 3.35. The van der Waals surface area contributed by atoms with Crippen LogP contribution in [0, 0.1) is 17.0 Å². The van der Waals surface area contributed by atoms with E-state index in [2.05, 4.69) is 0 Å². The zero-order valence-corrected chi connectivity index (χ0v) is 9.32. The molecular formula is C12H13NO3. The summed E-state index contributed by atoms with van der Waals surface area (Å²) in [7, 11) is 0. The molecule has 0 N–H and O–H groups in total. The van der Waals surface area contributed by atoms with E-state index < -0.39 is 10.3 Å². The average molecular weight is 219 g/mol. The van der Waals surface area contributed by atoms with Gasteiger partial charge in [-0.25, -0.2) is 0 Å². The molecule has 0 unspecified atom stereocenters. The Labute approximate surface area is 93.4 Å². The Balaban J connectivity index is 2.64. The SMILES string of the molecule is CC(=O)C1(c2c(C)cccc2[N+](=O)[O-])CC1. The zero-order chi connectivity index (χ0) is 11.9. The number of rotatable bonds is 3. The van der Waals surface area contributed by atoms with Crippen LogP contribution in [0.2, 0.25) is 0 Å². The maximum absolute atomic E-state index is 11.6. The average Bonchev–Trinajstić information content (AvgIpc) is 2.98. The van der Waals surface area contributed by atoms with Crippen LogP contribution in [0.4, 0.5) is 5.69 Å². The molecule has 0 bridgehead atoms. The molecule has 0 aliphatic heterocycles. The molecule has 4 heteroatoms. The number of nitrogens with zero attached hydrogens (tertiary/aromatic N) is 1. The molecule has 0 atom stereocenters. The third kappa shape index (κ3) is 1.41. The molecule has 16 heavy (non-hydrogen) atoms. The highest BCUT2D eigenvalue weighted by Gasteiger charge is 2.52. The van der Waals surface area contributed by atoms with Gasteiger partial charge in [-0.1, -0.05) is 12.1 Å². The summed E-state index contributed by atoms with van der Waals surface area (Å²) in [6, 6.07) is 4.96. The maximum Gasteiger partial charge on any atom is 0.273 e. The van der Waals surface area contributed by atoms with Gasteiger partial charge in [0, 0.05) is 11.6 Å². The molecule has 2 rings (SSSR count). The monoisotopic (exact) mass is 219 g/mol. The van der Waals surface area contributed by atoms with Crippen molar-refractivity contribution < 1.29 is 9.72 Å². The van der Waals surface area contributed by atoms with Gasteiger partial charge in [-0.15, -0.1) is 0 Å². The largest absolute Gasteiger partial charge is 0.299 e. The van der Waals surface area contributed by atoms with Crippen LogP contribution in [-0.2, 0) is 10.2 Å². The standard InChI is InChI=1S/C12H13NO3/c1-8-4-3-5-10(13(15)16)11(8)12(6-7-12)9(2)14/h3-5H,6-7H2,1-2H3. The first-order valence-corrected chi connectivity index (χ1v) is 5.24. The lowest BCUT2D eigenvalue weighted by atomic mass is 9.87. The molecule has 1 aliphatic carbocycles. The Hall–Kier alpha value is -1.71. The van der Waals surface area contributed by atoms with Gasteiger partial charge in [-0.05, 0) is 32.3 Å². The summed E-state index contributed by atoms with van der Waals surface area (Å²) in [6.45, 7) is 3.34. The molecule has 0 aromatic heterocycles. The number of aryl methyl sites for hydroxylation is 1. The minimum atomic E-state index is -0.576. The number of hydrogen-bond acceptors (Lipinski definition) is 3. The number of hydrogen-bond donors (Lipinski definition) is 0. The van der Waals surface area contributed by atoms with Crippen LogP contribution in [0.15, 0.2) is 18.2 Å². The van der Waals surface area contributed by atoms with Gasteiger partial charge in [0.25, 0.3) is 5.69 Å². The van der Waals surface area contributed by atoms with E-state index >= 15 is 0 Å². The molecule has 84 valence electrons. The quantitative estimate of drug-likeness (QED) is 0.579. The second-order valence-corrected chi connectivity index (χ2v) is 4.36. The van der Waals surface area contributed by atoms with Gasteiger partial charge in [0.2, 0.25) is 0 Å². The van der Waals surface area contributed by atoms with Gasteiger partial charge >= 0.3 is 0 Å². The van der Waals surface area contributed by atoms with Crippen molar-refractivity contribution in [3.63, 3.8) is 0 Å². The Morgan fingerprint density at radius 2 is 2.06 bits per heavy atom. The second-order valence-electron chi connectivity index (χ2n) is 4.36. The smallest absolute Gasteiger partial charge is 0.273 e. The summed E-state index contributed by atoms with van der Waals surface area (Å²) in [4.78, 5) is 22.2. The van der Waals surface area contributed by atoms with E-state index in [0.29, 0.717) is 5.56 Å². The van der Waals surface area contributed by atoms with Gasteiger partial charge < -0.3 is 0 Å². The van der Waals surface area contributed by atoms with Crippen LogP contribution in [0.1, 0.15) is 30.9 Å². The van der Waals surface area contributed by atoms with Crippen LogP contribution in [0.3, 0.4) is 0 Å². The van der Waals surface area contributed by atoms with E-state index in [-0.39, 0.29) is 11.5 Å². The number of carbonyl (C=O) groups excluding carboxylic acids is 1. The molecule has 0 spiro atoms. The van der Waals surface area contributed by atoms with E-state index in [9.17, 15) is 14.9 Å². The van der Waals surface area contributed by atoms with Gasteiger partial charge in [-0.3, -0.25) is 14.9 Å². The molecule has 1 fully saturated rings. The molecule has 0 heterocycles. The fraction of sp³-hybridized carbons (Fsp3) is 0.417. The fourth-order valence-corrected chi connectivity index (χ4v) is 2.33. The Kier molecular flexibility index (Phi) is 2.30. The van der Waals surface area contributed by atoms with Crippen molar-refractivity contribution in [2.24, 2.45) is 0 Å². The predicted molar refractivity (Wildman–Crippen MR) is 59.4 cm³/mol. The molecule has 4 nitrogen and oxygen atoms in total. The van der Waals surface area contributed by atoms with Crippen LogP contribution in [0.25, 0.3) is 0 Å². The molecule has 1 aromatic carbocycles. The highest BCUT2D eigenvalue weighted by atomic mass is 16.6. The summed E-state index contributed by atoms with van der Waals surface area (Å²) in [5, 5.41) is 11.0. The summed E-state index contributed by atoms with van der Waals surface area (Å²) >= 11 is 0. The van der Waals surface area contributed by atoms with Crippen molar-refractivity contribution in [1.82, 2.24) is 0 Å². The first-order valence-electron chi connectivity index (χ1n) is 5.24.